The maximum absolute atomic E-state index is 13.1. The van der Waals surface area contributed by atoms with Gasteiger partial charge in [-0.05, 0) is 32.0 Å². The van der Waals surface area contributed by atoms with Gasteiger partial charge in [-0.3, -0.25) is 4.79 Å². The van der Waals surface area contributed by atoms with E-state index in [0.29, 0.717) is 34.8 Å². The number of halogens is 3. The van der Waals surface area contributed by atoms with Crippen LogP contribution in [0.4, 0.5) is 18.0 Å². The van der Waals surface area contributed by atoms with Crippen LogP contribution in [0.5, 0.6) is 5.75 Å². The fourth-order valence-electron chi connectivity index (χ4n) is 3.67. The number of likely N-dealkylation sites (tertiary alicyclic amines) is 1. The number of nitrogens with one attached hydrogen (secondary N) is 1. The Labute approximate surface area is 208 Å². The molecule has 1 fully saturated rings. The third kappa shape index (κ3) is 5.90. The smallest absolute Gasteiger partial charge is 0.451 e. The molecular weight excluding hydrogens is 499 g/mol. The number of carboxylic acid groups (broad SMARTS) is 1. The standard InChI is InChI=1S/C23H22F3N5O4S/c1-12-8-27-20(36-12)15-5-14(6-18(7-15)35-17-3-4-31(11-17)22(33)34)19(32)30-13(2)16-9-28-21(29-10-16)23(24,25)26/h5-10,13,17H,3-4,11H2,1-2H3,(H,30,32)(H,33,34)/t13-,17?/m1/s1. The molecule has 0 saturated carbocycles. The summed E-state index contributed by atoms with van der Waals surface area (Å²) in [5, 5.41) is 12.6. The molecule has 190 valence electrons. The largest absolute Gasteiger partial charge is 0.488 e. The van der Waals surface area contributed by atoms with Crippen molar-refractivity contribution in [2.24, 2.45) is 0 Å². The van der Waals surface area contributed by atoms with Gasteiger partial charge in [-0.25, -0.2) is 19.7 Å². The topological polar surface area (TPSA) is 118 Å². The molecule has 2 atom stereocenters. The summed E-state index contributed by atoms with van der Waals surface area (Å²) < 4.78 is 44.2. The molecular formula is C23H22F3N5O4S. The number of ether oxygens (including phenoxy) is 1. The van der Waals surface area contributed by atoms with Crippen LogP contribution in [0.2, 0.25) is 0 Å². The van der Waals surface area contributed by atoms with Gasteiger partial charge in [-0.2, -0.15) is 13.2 Å². The lowest BCUT2D eigenvalue weighted by molar-refractivity contribution is -0.145. The van der Waals surface area contributed by atoms with Crippen molar-refractivity contribution in [2.45, 2.75) is 38.6 Å². The minimum Gasteiger partial charge on any atom is -0.488 e. The number of rotatable bonds is 6. The number of carbonyl (C=O) groups is 2. The first-order valence-corrected chi connectivity index (χ1v) is 11.7. The van der Waals surface area contributed by atoms with E-state index in [0.717, 1.165) is 17.3 Å². The van der Waals surface area contributed by atoms with Crippen LogP contribution in [-0.4, -0.2) is 56.2 Å². The van der Waals surface area contributed by atoms with Gasteiger partial charge >= 0.3 is 12.3 Å². The summed E-state index contributed by atoms with van der Waals surface area (Å²) >= 11 is 1.44. The van der Waals surface area contributed by atoms with Crippen LogP contribution in [0, 0.1) is 6.92 Å². The Bertz CT molecular complexity index is 1270. The number of thiazole rings is 1. The van der Waals surface area contributed by atoms with Crippen molar-refractivity contribution in [3.8, 4) is 16.3 Å². The average Bonchev–Trinajstić information content (AvgIpc) is 3.47. The predicted molar refractivity (Wildman–Crippen MR) is 124 cm³/mol. The Morgan fingerprint density at radius 3 is 2.50 bits per heavy atom. The highest BCUT2D eigenvalue weighted by molar-refractivity contribution is 7.14. The van der Waals surface area contributed by atoms with Gasteiger partial charge in [0.15, 0.2) is 0 Å². The monoisotopic (exact) mass is 521 g/mol. The lowest BCUT2D eigenvalue weighted by Crippen LogP contribution is -2.29. The summed E-state index contributed by atoms with van der Waals surface area (Å²) in [6, 6.07) is 4.26. The van der Waals surface area contributed by atoms with Crippen molar-refractivity contribution in [1.82, 2.24) is 25.2 Å². The molecule has 1 aromatic carbocycles. The lowest BCUT2D eigenvalue weighted by Gasteiger charge is -2.17. The van der Waals surface area contributed by atoms with Crippen molar-refractivity contribution in [3.63, 3.8) is 0 Å². The van der Waals surface area contributed by atoms with E-state index in [1.165, 1.54) is 16.2 Å². The van der Waals surface area contributed by atoms with Gasteiger partial charge in [0.2, 0.25) is 5.82 Å². The van der Waals surface area contributed by atoms with Crippen LogP contribution in [0.25, 0.3) is 10.6 Å². The lowest BCUT2D eigenvalue weighted by atomic mass is 10.1. The zero-order valence-electron chi connectivity index (χ0n) is 19.2. The molecule has 13 heteroatoms. The summed E-state index contributed by atoms with van der Waals surface area (Å²) in [5.74, 6) is -1.36. The first-order valence-electron chi connectivity index (χ1n) is 10.9. The number of alkyl halides is 3. The van der Waals surface area contributed by atoms with Gasteiger partial charge in [-0.15, -0.1) is 11.3 Å². The Hall–Kier alpha value is -3.74. The van der Waals surface area contributed by atoms with Gasteiger partial charge < -0.3 is 20.1 Å². The highest BCUT2D eigenvalue weighted by atomic mass is 32.1. The van der Waals surface area contributed by atoms with E-state index < -0.39 is 30.0 Å². The molecule has 36 heavy (non-hydrogen) atoms. The fraction of sp³-hybridized carbons (Fsp3) is 0.348. The molecule has 2 amide bonds. The number of aromatic nitrogens is 3. The van der Waals surface area contributed by atoms with Crippen LogP contribution < -0.4 is 10.1 Å². The zero-order chi connectivity index (χ0) is 26.0. The van der Waals surface area contributed by atoms with E-state index in [9.17, 15) is 27.9 Å². The number of nitrogens with zero attached hydrogens (tertiary/aromatic N) is 4. The molecule has 1 saturated heterocycles. The summed E-state index contributed by atoms with van der Waals surface area (Å²) in [6.07, 6.45) is -1.77. The Morgan fingerprint density at radius 1 is 1.19 bits per heavy atom. The van der Waals surface area contributed by atoms with E-state index in [2.05, 4.69) is 20.3 Å². The van der Waals surface area contributed by atoms with E-state index in [1.54, 1.807) is 31.3 Å². The first kappa shape index (κ1) is 25.4. The van der Waals surface area contributed by atoms with Gasteiger partial charge in [0.1, 0.15) is 16.9 Å². The maximum Gasteiger partial charge on any atom is 0.451 e. The number of benzene rings is 1. The molecule has 9 nitrogen and oxygen atoms in total. The molecule has 1 aliphatic rings. The molecule has 0 radical (unpaired) electrons. The van der Waals surface area contributed by atoms with Crippen molar-refractivity contribution < 1.29 is 32.6 Å². The third-order valence-electron chi connectivity index (χ3n) is 5.53. The van der Waals surface area contributed by atoms with Crippen LogP contribution in [0.1, 0.15) is 46.0 Å². The fourth-order valence-corrected chi connectivity index (χ4v) is 4.42. The molecule has 4 rings (SSSR count). The second kappa shape index (κ2) is 10.1. The Balaban J connectivity index is 1.55. The van der Waals surface area contributed by atoms with Crippen LogP contribution >= 0.6 is 11.3 Å². The Morgan fingerprint density at radius 2 is 1.92 bits per heavy atom. The quantitative estimate of drug-likeness (QED) is 0.489. The maximum atomic E-state index is 13.1. The molecule has 2 N–H and O–H groups in total. The third-order valence-corrected chi connectivity index (χ3v) is 6.49. The van der Waals surface area contributed by atoms with E-state index in [1.807, 2.05) is 6.92 Å². The molecule has 3 aromatic rings. The van der Waals surface area contributed by atoms with Crippen molar-refractivity contribution in [2.75, 3.05) is 13.1 Å². The molecule has 3 heterocycles. The van der Waals surface area contributed by atoms with Gasteiger partial charge in [0.25, 0.3) is 5.91 Å². The number of hydrogen-bond acceptors (Lipinski definition) is 7. The van der Waals surface area contributed by atoms with Crippen LogP contribution in [0.15, 0.2) is 36.8 Å². The van der Waals surface area contributed by atoms with E-state index >= 15 is 0 Å². The molecule has 1 unspecified atom stereocenters. The summed E-state index contributed by atoms with van der Waals surface area (Å²) in [5.41, 5.74) is 1.21. The average molecular weight is 522 g/mol. The molecule has 0 aliphatic carbocycles. The number of amides is 2. The van der Waals surface area contributed by atoms with E-state index in [4.69, 9.17) is 4.74 Å². The zero-order valence-corrected chi connectivity index (χ0v) is 20.1. The number of carbonyl (C=O) groups excluding carboxylic acids is 1. The minimum atomic E-state index is -4.66. The first-order chi connectivity index (χ1) is 17.0. The van der Waals surface area contributed by atoms with Crippen LogP contribution in [0.3, 0.4) is 0 Å². The van der Waals surface area contributed by atoms with Crippen LogP contribution in [-0.2, 0) is 6.18 Å². The number of aryl methyl sites for hydroxylation is 1. The summed E-state index contributed by atoms with van der Waals surface area (Å²) in [4.78, 5) is 37.6. The van der Waals surface area contributed by atoms with Crippen molar-refractivity contribution >= 4 is 23.3 Å². The van der Waals surface area contributed by atoms with Gasteiger partial charge in [0, 0.05) is 53.1 Å². The molecule has 0 spiro atoms. The van der Waals surface area contributed by atoms with Gasteiger partial charge in [-0.1, -0.05) is 0 Å². The molecule has 1 aliphatic heterocycles. The second-order valence-corrected chi connectivity index (χ2v) is 9.55. The number of hydrogen-bond donors (Lipinski definition) is 2. The normalized spacial score (nSPS) is 16.6. The summed E-state index contributed by atoms with van der Waals surface area (Å²) in [7, 11) is 0. The van der Waals surface area contributed by atoms with E-state index in [-0.39, 0.29) is 18.2 Å². The summed E-state index contributed by atoms with van der Waals surface area (Å²) in [6.45, 7) is 4.07. The SMILES string of the molecule is Cc1cnc(-c2cc(OC3CCN(C(=O)O)C3)cc(C(=O)N[C@H](C)c3cnc(C(F)(F)F)nc3)c2)s1. The van der Waals surface area contributed by atoms with Crippen molar-refractivity contribution in [3.05, 3.63) is 58.6 Å². The van der Waals surface area contributed by atoms with Gasteiger partial charge in [0.05, 0.1) is 12.6 Å². The molecule has 2 aromatic heterocycles. The minimum absolute atomic E-state index is 0.211. The highest BCUT2D eigenvalue weighted by Gasteiger charge is 2.34. The van der Waals surface area contributed by atoms with Crippen molar-refractivity contribution in [1.29, 1.82) is 0 Å². The predicted octanol–water partition coefficient (Wildman–Crippen LogP) is 4.55. The Kier molecular flexibility index (Phi) is 7.11. The second-order valence-electron chi connectivity index (χ2n) is 8.31. The highest BCUT2D eigenvalue weighted by Crippen LogP contribution is 2.31. The molecule has 0 bridgehead atoms.